The van der Waals surface area contributed by atoms with E-state index >= 15 is 0 Å². The molecule has 7 nitrogen and oxygen atoms in total. The molecule has 0 aromatic heterocycles. The molecule has 0 fully saturated rings. The first-order chi connectivity index (χ1) is 15.9. The monoisotopic (exact) mass is 532 g/mol. The van der Waals surface area contributed by atoms with Gasteiger partial charge in [0.2, 0.25) is 0 Å². The van der Waals surface area contributed by atoms with Crippen molar-refractivity contribution >= 4 is 45.2 Å². The largest absolute Gasteiger partial charge is 0.379 e. The van der Waals surface area contributed by atoms with Crippen LogP contribution in [-0.4, -0.2) is 61.4 Å². The molecule has 2 aliphatic heterocycles. The lowest BCUT2D eigenvalue weighted by Crippen LogP contribution is -2.47. The highest BCUT2D eigenvalue weighted by atomic mass is 79.9. The number of nitrogens with one attached hydrogen (secondary N) is 2. The van der Waals surface area contributed by atoms with Gasteiger partial charge < -0.3 is 20.3 Å². The number of hydrogen-bond donors (Lipinski definition) is 2. The standard InChI is InChI=1S/C24H26BrClN4O3/c1-3-17(26)8-9-18-14-27-22(28-18)21(15-33-4-2)29-23(31)16-7-10-19(20(25)13-16)24(32)30-11-5-6-12-30/h3,5-10,13,21H,1,4,11-12,14-15H2,2H3,(H,27,28)(H,29,31)/b17-8+,18-9+/t21-/m0/s1. The summed E-state index contributed by atoms with van der Waals surface area (Å²) in [7, 11) is 0. The third kappa shape index (κ3) is 6.66. The second kappa shape index (κ2) is 12.0. The van der Waals surface area contributed by atoms with Crippen LogP contribution in [0.15, 0.2) is 75.4 Å². The average molecular weight is 534 g/mol. The van der Waals surface area contributed by atoms with Crippen LogP contribution in [0, 0.1) is 0 Å². The number of hydrogen-bond acceptors (Lipinski definition) is 5. The Kier molecular flexibility index (Phi) is 9.05. The molecule has 1 atom stereocenters. The zero-order chi connectivity index (χ0) is 23.8. The minimum absolute atomic E-state index is 0.0810. The van der Waals surface area contributed by atoms with E-state index in [1.807, 2.05) is 25.2 Å². The quantitative estimate of drug-likeness (QED) is 0.374. The second-order valence-corrected chi connectivity index (χ2v) is 8.63. The van der Waals surface area contributed by atoms with E-state index in [1.54, 1.807) is 35.3 Å². The highest BCUT2D eigenvalue weighted by Gasteiger charge is 2.25. The second-order valence-electron chi connectivity index (χ2n) is 7.34. The van der Waals surface area contributed by atoms with Crippen molar-refractivity contribution in [1.82, 2.24) is 15.5 Å². The highest BCUT2D eigenvalue weighted by Crippen LogP contribution is 2.21. The van der Waals surface area contributed by atoms with Crippen molar-refractivity contribution in [2.24, 2.45) is 4.99 Å². The van der Waals surface area contributed by atoms with E-state index in [2.05, 4.69) is 38.1 Å². The maximum Gasteiger partial charge on any atom is 0.255 e. The van der Waals surface area contributed by atoms with Gasteiger partial charge in [0.1, 0.15) is 11.9 Å². The number of allylic oxidation sites excluding steroid dienone is 4. The van der Waals surface area contributed by atoms with E-state index < -0.39 is 6.04 Å². The van der Waals surface area contributed by atoms with Gasteiger partial charge in [-0.2, -0.15) is 0 Å². The Morgan fingerprint density at radius 3 is 2.82 bits per heavy atom. The van der Waals surface area contributed by atoms with Gasteiger partial charge in [0, 0.05) is 40.5 Å². The maximum atomic E-state index is 13.0. The lowest BCUT2D eigenvalue weighted by atomic mass is 10.1. The summed E-state index contributed by atoms with van der Waals surface area (Å²) in [6.07, 6.45) is 9.01. The molecule has 33 heavy (non-hydrogen) atoms. The van der Waals surface area contributed by atoms with Gasteiger partial charge in [-0.1, -0.05) is 36.4 Å². The molecule has 2 amide bonds. The van der Waals surface area contributed by atoms with Crippen molar-refractivity contribution in [2.45, 2.75) is 13.0 Å². The van der Waals surface area contributed by atoms with Gasteiger partial charge in [-0.3, -0.25) is 14.6 Å². The van der Waals surface area contributed by atoms with E-state index in [4.69, 9.17) is 16.3 Å². The molecule has 0 aliphatic carbocycles. The molecule has 0 radical (unpaired) electrons. The zero-order valence-corrected chi connectivity index (χ0v) is 20.7. The molecular weight excluding hydrogens is 508 g/mol. The Morgan fingerprint density at radius 1 is 1.39 bits per heavy atom. The highest BCUT2D eigenvalue weighted by molar-refractivity contribution is 9.10. The first-order valence-corrected chi connectivity index (χ1v) is 11.7. The van der Waals surface area contributed by atoms with Crippen LogP contribution >= 0.6 is 27.5 Å². The van der Waals surface area contributed by atoms with Crippen molar-refractivity contribution in [1.29, 1.82) is 0 Å². The number of amides is 2. The summed E-state index contributed by atoms with van der Waals surface area (Å²) in [5.41, 5.74) is 1.79. The molecular formula is C24H26BrClN4O3. The minimum Gasteiger partial charge on any atom is -0.379 e. The number of carbonyl (C=O) groups is 2. The molecule has 3 rings (SSSR count). The Bertz CT molecular complexity index is 1040. The minimum atomic E-state index is -0.460. The summed E-state index contributed by atoms with van der Waals surface area (Å²) >= 11 is 9.39. The summed E-state index contributed by atoms with van der Waals surface area (Å²) in [6.45, 7) is 7.91. The van der Waals surface area contributed by atoms with Crippen LogP contribution < -0.4 is 10.6 Å². The molecule has 174 valence electrons. The van der Waals surface area contributed by atoms with Gasteiger partial charge in [-0.15, -0.1) is 0 Å². The molecule has 0 saturated carbocycles. The fraction of sp³-hybridized carbons (Fsp3) is 0.292. The predicted octanol–water partition coefficient (Wildman–Crippen LogP) is 3.79. The topological polar surface area (TPSA) is 83.0 Å². The van der Waals surface area contributed by atoms with Crippen molar-refractivity contribution in [3.63, 3.8) is 0 Å². The Labute approximate surface area is 207 Å². The molecule has 2 aliphatic rings. The van der Waals surface area contributed by atoms with Crippen LogP contribution in [0.25, 0.3) is 0 Å². The van der Waals surface area contributed by atoms with E-state index in [9.17, 15) is 9.59 Å². The van der Waals surface area contributed by atoms with E-state index in [1.165, 1.54) is 0 Å². The van der Waals surface area contributed by atoms with Crippen molar-refractivity contribution < 1.29 is 14.3 Å². The Morgan fingerprint density at radius 2 is 2.15 bits per heavy atom. The lowest BCUT2D eigenvalue weighted by molar-refractivity contribution is 0.0798. The molecule has 1 aromatic carbocycles. The van der Waals surface area contributed by atoms with Gasteiger partial charge >= 0.3 is 0 Å². The lowest BCUT2D eigenvalue weighted by Gasteiger charge is -2.20. The van der Waals surface area contributed by atoms with Gasteiger partial charge in [-0.25, -0.2) is 0 Å². The molecule has 0 unspecified atom stereocenters. The van der Waals surface area contributed by atoms with Crippen LogP contribution in [0.4, 0.5) is 0 Å². The number of rotatable bonds is 9. The van der Waals surface area contributed by atoms with Crippen molar-refractivity contribution in [2.75, 3.05) is 32.8 Å². The molecule has 2 heterocycles. The Hall–Kier alpha value is -2.68. The fourth-order valence-corrected chi connectivity index (χ4v) is 3.88. The van der Waals surface area contributed by atoms with Crippen LogP contribution in [-0.2, 0) is 4.74 Å². The molecule has 2 N–H and O–H groups in total. The number of carbonyl (C=O) groups excluding carboxylic acids is 2. The molecule has 0 spiro atoms. The first kappa shape index (κ1) is 25.0. The van der Waals surface area contributed by atoms with Gasteiger partial charge in [-0.05, 0) is 53.2 Å². The molecule has 0 bridgehead atoms. The third-order valence-electron chi connectivity index (χ3n) is 5.04. The van der Waals surface area contributed by atoms with Gasteiger partial charge in [0.15, 0.2) is 0 Å². The van der Waals surface area contributed by atoms with Crippen LogP contribution in [0.2, 0.25) is 0 Å². The number of benzene rings is 1. The van der Waals surface area contributed by atoms with Crippen molar-refractivity contribution in [3.8, 4) is 0 Å². The van der Waals surface area contributed by atoms with Crippen molar-refractivity contribution in [3.05, 3.63) is 81.5 Å². The van der Waals surface area contributed by atoms with Crippen LogP contribution in [0.5, 0.6) is 0 Å². The summed E-state index contributed by atoms with van der Waals surface area (Å²) in [6, 6.07) is 4.50. The molecule has 9 heteroatoms. The fourth-order valence-electron chi connectivity index (χ4n) is 3.26. The summed E-state index contributed by atoms with van der Waals surface area (Å²) in [4.78, 5) is 31.9. The summed E-state index contributed by atoms with van der Waals surface area (Å²) in [5, 5.41) is 6.70. The average Bonchev–Trinajstić information content (AvgIpc) is 3.52. The summed E-state index contributed by atoms with van der Waals surface area (Å²) in [5.74, 6) is 0.236. The predicted molar refractivity (Wildman–Crippen MR) is 135 cm³/mol. The van der Waals surface area contributed by atoms with Crippen LogP contribution in [0.1, 0.15) is 27.6 Å². The first-order valence-electron chi connectivity index (χ1n) is 10.6. The SMILES string of the molecule is C=C/C(Cl)=C\C=C1/CN=C([C@H](COCC)NC(=O)c2ccc(C(=O)N3CC=CC3)c(Br)c2)N1. The number of ether oxygens (including phenoxy) is 1. The zero-order valence-electron chi connectivity index (χ0n) is 18.3. The van der Waals surface area contributed by atoms with E-state index in [-0.39, 0.29) is 18.4 Å². The van der Waals surface area contributed by atoms with E-state index in [0.717, 1.165) is 5.70 Å². The number of nitrogens with zero attached hydrogens (tertiary/aromatic N) is 2. The number of halogens is 2. The third-order valence-corrected chi connectivity index (χ3v) is 5.97. The Balaban J connectivity index is 1.69. The van der Waals surface area contributed by atoms with Gasteiger partial charge in [0.05, 0.1) is 18.7 Å². The van der Waals surface area contributed by atoms with E-state index in [0.29, 0.717) is 52.7 Å². The normalized spacial score (nSPS) is 17.7. The maximum absolute atomic E-state index is 13.0. The summed E-state index contributed by atoms with van der Waals surface area (Å²) < 4.78 is 6.13. The number of amidine groups is 1. The number of aliphatic imine (C=N–C) groups is 1. The molecule has 0 saturated heterocycles. The molecule has 1 aromatic rings. The van der Waals surface area contributed by atoms with Crippen LogP contribution in [0.3, 0.4) is 0 Å². The smallest absolute Gasteiger partial charge is 0.255 e. The van der Waals surface area contributed by atoms with Gasteiger partial charge in [0.25, 0.3) is 11.8 Å².